The molecule has 3 aromatic carbocycles. The maximum absolute atomic E-state index is 12.5. The van der Waals surface area contributed by atoms with E-state index in [0.717, 1.165) is 17.4 Å². The first-order valence-electron chi connectivity index (χ1n) is 11.5. The van der Waals surface area contributed by atoms with Crippen LogP contribution in [-0.4, -0.2) is 59.9 Å². The van der Waals surface area contributed by atoms with Crippen LogP contribution in [0.3, 0.4) is 0 Å². The molecule has 0 spiro atoms. The second kappa shape index (κ2) is 12.6. The molecule has 0 atom stereocenters. The predicted molar refractivity (Wildman–Crippen MR) is 144 cm³/mol. The fourth-order valence-corrected chi connectivity index (χ4v) is 4.45. The van der Waals surface area contributed by atoms with Gasteiger partial charge in [0.05, 0.1) is 39.3 Å². The fraction of sp³-hybridized carbons (Fsp3) is 0.148. The smallest absolute Gasteiger partial charge is 0.250 e. The highest BCUT2D eigenvalue weighted by atomic mass is 32.2. The van der Waals surface area contributed by atoms with E-state index < -0.39 is 11.9 Å². The van der Waals surface area contributed by atoms with Gasteiger partial charge in [-0.05, 0) is 24.3 Å². The molecule has 200 valence electrons. The third-order valence-electron chi connectivity index (χ3n) is 5.48. The minimum atomic E-state index is -1.33. The van der Waals surface area contributed by atoms with Crippen LogP contribution in [0.1, 0.15) is 15.9 Å². The molecule has 12 heteroatoms. The minimum absolute atomic E-state index is 0.0276. The number of methoxy groups -OCH3 is 3. The maximum Gasteiger partial charge on any atom is 0.250 e. The minimum Gasteiger partial charge on any atom is -0.545 e. The Bertz CT molecular complexity index is 1480. The lowest BCUT2D eigenvalue weighted by Crippen LogP contribution is -2.24. The zero-order chi connectivity index (χ0) is 27.8. The average molecular weight is 547 g/mol. The Kier molecular flexibility index (Phi) is 8.79. The van der Waals surface area contributed by atoms with E-state index in [1.165, 1.54) is 33.6 Å². The van der Waals surface area contributed by atoms with Crippen LogP contribution in [0.25, 0.3) is 17.1 Å². The van der Waals surface area contributed by atoms with Gasteiger partial charge >= 0.3 is 0 Å². The largest absolute Gasteiger partial charge is 0.545 e. The van der Waals surface area contributed by atoms with Crippen LogP contribution in [-0.2, 0) is 4.79 Å². The second-order valence-corrected chi connectivity index (χ2v) is 8.79. The summed E-state index contributed by atoms with van der Waals surface area (Å²) in [5, 5.41) is 24.3. The average Bonchev–Trinajstić information content (AvgIpc) is 3.39. The first kappa shape index (κ1) is 27.2. The molecule has 4 aromatic rings. The summed E-state index contributed by atoms with van der Waals surface area (Å²) in [6.45, 7) is 0. The number of ether oxygens (including phenoxy) is 3. The monoisotopic (exact) mass is 546 g/mol. The van der Waals surface area contributed by atoms with Crippen molar-refractivity contribution in [1.82, 2.24) is 20.2 Å². The highest BCUT2D eigenvalue weighted by molar-refractivity contribution is 7.99. The molecule has 0 saturated heterocycles. The summed E-state index contributed by atoms with van der Waals surface area (Å²) in [4.78, 5) is 23.7. The van der Waals surface area contributed by atoms with Crippen molar-refractivity contribution in [2.45, 2.75) is 5.16 Å². The number of thioether (sulfide) groups is 1. The molecule has 4 rings (SSSR count). The Balaban J connectivity index is 1.58. The number of amides is 1. The van der Waals surface area contributed by atoms with E-state index in [1.807, 2.05) is 34.9 Å². The molecule has 0 aliphatic heterocycles. The van der Waals surface area contributed by atoms with Gasteiger partial charge in [-0.15, -0.1) is 10.2 Å². The number of aromatic nitrogens is 3. The SMILES string of the molecule is COc1cc(-c2nnc(SCC(=O)N/N=C\c3ccccc3C(=O)[O-])n2-c2ccccc2)cc(OC)c1OC. The van der Waals surface area contributed by atoms with E-state index in [9.17, 15) is 14.7 Å². The molecule has 0 aliphatic rings. The molecular weight excluding hydrogens is 522 g/mol. The Labute approximate surface area is 228 Å². The predicted octanol–water partition coefficient (Wildman–Crippen LogP) is 2.57. The third kappa shape index (κ3) is 6.18. The van der Waals surface area contributed by atoms with Gasteiger partial charge in [-0.1, -0.05) is 54.2 Å². The number of para-hydroxylation sites is 1. The molecule has 0 aliphatic carbocycles. The van der Waals surface area contributed by atoms with Crippen molar-refractivity contribution in [3.63, 3.8) is 0 Å². The van der Waals surface area contributed by atoms with Crippen LogP contribution in [0.2, 0.25) is 0 Å². The zero-order valence-electron chi connectivity index (χ0n) is 21.3. The van der Waals surface area contributed by atoms with Crippen molar-refractivity contribution in [1.29, 1.82) is 0 Å². The number of benzene rings is 3. The number of carbonyl (C=O) groups is 2. The standard InChI is InChI=1S/C27H25N5O6S/c1-36-21-13-18(14-22(37-2)24(21)38-3)25-30-31-27(32(25)19-10-5-4-6-11-19)39-16-23(33)29-28-15-17-9-7-8-12-20(17)26(34)35/h4-15H,16H2,1-3H3,(H,29,33)(H,34,35)/p-1/b28-15-. The summed E-state index contributed by atoms with van der Waals surface area (Å²) in [5.41, 5.74) is 4.13. The number of nitrogens with one attached hydrogen (secondary N) is 1. The first-order valence-corrected chi connectivity index (χ1v) is 12.5. The van der Waals surface area contributed by atoms with E-state index in [1.54, 1.807) is 30.3 Å². The molecule has 1 heterocycles. The van der Waals surface area contributed by atoms with E-state index in [2.05, 4.69) is 20.7 Å². The molecular formula is C27H24N5O6S-. The van der Waals surface area contributed by atoms with Crippen molar-refractivity contribution < 1.29 is 28.9 Å². The summed E-state index contributed by atoms with van der Waals surface area (Å²) in [7, 11) is 4.59. The second-order valence-electron chi connectivity index (χ2n) is 7.85. The first-order chi connectivity index (χ1) is 19.0. The van der Waals surface area contributed by atoms with Gasteiger partial charge in [0.2, 0.25) is 5.75 Å². The summed E-state index contributed by atoms with van der Waals surface area (Å²) in [6.07, 6.45) is 1.25. The molecule has 1 amide bonds. The van der Waals surface area contributed by atoms with Crippen LogP contribution in [0.5, 0.6) is 17.2 Å². The number of nitrogens with zero attached hydrogens (tertiary/aromatic N) is 4. The van der Waals surface area contributed by atoms with Crippen molar-refractivity contribution in [3.8, 4) is 34.3 Å². The van der Waals surface area contributed by atoms with Gasteiger partial charge in [-0.2, -0.15) is 5.10 Å². The lowest BCUT2D eigenvalue weighted by atomic mass is 10.1. The van der Waals surface area contributed by atoms with E-state index >= 15 is 0 Å². The van der Waals surface area contributed by atoms with Crippen LogP contribution >= 0.6 is 11.8 Å². The molecule has 1 aromatic heterocycles. The molecule has 39 heavy (non-hydrogen) atoms. The summed E-state index contributed by atoms with van der Waals surface area (Å²) >= 11 is 1.16. The van der Waals surface area contributed by atoms with Crippen molar-refractivity contribution in [2.24, 2.45) is 5.10 Å². The van der Waals surface area contributed by atoms with Crippen molar-refractivity contribution in [2.75, 3.05) is 27.1 Å². The van der Waals surface area contributed by atoms with E-state index in [4.69, 9.17) is 14.2 Å². The fourth-order valence-electron chi connectivity index (χ4n) is 3.70. The number of carbonyl (C=O) groups excluding carboxylic acids is 2. The Morgan fingerprint density at radius 2 is 1.64 bits per heavy atom. The topological polar surface area (TPSA) is 140 Å². The molecule has 0 bridgehead atoms. The van der Waals surface area contributed by atoms with Gasteiger partial charge in [-0.25, -0.2) is 5.43 Å². The number of carboxylic acid groups (broad SMARTS) is 1. The van der Waals surface area contributed by atoms with Gasteiger partial charge in [-0.3, -0.25) is 9.36 Å². The molecule has 0 fully saturated rings. The van der Waals surface area contributed by atoms with Crippen molar-refractivity contribution >= 4 is 29.9 Å². The highest BCUT2D eigenvalue weighted by Gasteiger charge is 2.21. The molecule has 0 unspecified atom stereocenters. The maximum atomic E-state index is 12.5. The number of hydrogen-bond acceptors (Lipinski definition) is 10. The molecule has 0 radical (unpaired) electrons. The van der Waals surface area contributed by atoms with Crippen LogP contribution in [0.4, 0.5) is 0 Å². The van der Waals surface area contributed by atoms with Crippen molar-refractivity contribution in [3.05, 3.63) is 77.9 Å². The summed E-state index contributed by atoms with van der Waals surface area (Å²) in [5.74, 6) is 0.0899. The van der Waals surface area contributed by atoms with Gasteiger partial charge < -0.3 is 24.1 Å². The number of hydrogen-bond donors (Lipinski definition) is 1. The number of carboxylic acids is 1. The van der Waals surface area contributed by atoms with Gasteiger partial charge in [0.25, 0.3) is 5.91 Å². The highest BCUT2D eigenvalue weighted by Crippen LogP contribution is 2.41. The lowest BCUT2D eigenvalue weighted by Gasteiger charge is -2.15. The van der Waals surface area contributed by atoms with E-state index in [0.29, 0.717) is 39.4 Å². The number of aromatic carboxylic acids is 1. The van der Waals surface area contributed by atoms with Crippen LogP contribution < -0.4 is 24.7 Å². The van der Waals surface area contributed by atoms with Gasteiger partial charge in [0.1, 0.15) is 0 Å². The molecule has 11 nitrogen and oxygen atoms in total. The lowest BCUT2D eigenvalue weighted by molar-refractivity contribution is -0.255. The van der Waals surface area contributed by atoms with E-state index in [-0.39, 0.29) is 11.3 Å². The molecule has 0 saturated carbocycles. The Morgan fingerprint density at radius 3 is 2.28 bits per heavy atom. The van der Waals surface area contributed by atoms with Crippen LogP contribution in [0, 0.1) is 0 Å². The normalized spacial score (nSPS) is 10.8. The zero-order valence-corrected chi connectivity index (χ0v) is 22.1. The summed E-state index contributed by atoms with van der Waals surface area (Å²) < 4.78 is 18.2. The molecule has 1 N–H and O–H groups in total. The Morgan fingerprint density at radius 1 is 0.974 bits per heavy atom. The Hall–Kier alpha value is -4.84. The van der Waals surface area contributed by atoms with Gasteiger partial charge in [0.15, 0.2) is 22.5 Å². The quantitative estimate of drug-likeness (QED) is 0.171. The van der Waals surface area contributed by atoms with Crippen LogP contribution in [0.15, 0.2) is 77.0 Å². The number of rotatable bonds is 11. The third-order valence-corrected chi connectivity index (χ3v) is 6.41. The number of hydrazone groups is 1. The summed E-state index contributed by atoms with van der Waals surface area (Å²) in [6, 6.07) is 19.2. The van der Waals surface area contributed by atoms with Gasteiger partial charge in [0, 0.05) is 22.4 Å².